The smallest absolute Gasteiger partial charge is 0.0916 e. The van der Waals surface area contributed by atoms with E-state index in [1.807, 2.05) is 30.3 Å². The minimum atomic E-state index is -0.391. The Hall–Kier alpha value is -0.980. The zero-order valence-electron chi connectivity index (χ0n) is 14.8. The van der Waals surface area contributed by atoms with Crippen molar-refractivity contribution >= 4 is 0 Å². The Balaban J connectivity index is 1.39. The highest BCUT2D eigenvalue weighted by Gasteiger charge is 2.25. The van der Waals surface area contributed by atoms with Crippen molar-refractivity contribution in [3.63, 3.8) is 0 Å². The lowest BCUT2D eigenvalue weighted by Crippen LogP contribution is -2.52. The molecule has 2 saturated heterocycles. The van der Waals surface area contributed by atoms with Crippen LogP contribution in [0.25, 0.3) is 0 Å². The first-order chi connectivity index (χ1) is 11.7. The summed E-state index contributed by atoms with van der Waals surface area (Å²) in [5, 5.41) is 10.4. The van der Waals surface area contributed by atoms with Gasteiger partial charge >= 0.3 is 0 Å². The summed E-state index contributed by atoms with van der Waals surface area (Å²) in [5.74, 6) is 0. The van der Waals surface area contributed by atoms with Gasteiger partial charge in [0.2, 0.25) is 0 Å². The number of piperazine rings is 1. The summed E-state index contributed by atoms with van der Waals surface area (Å²) in [6.45, 7) is 12.3. The van der Waals surface area contributed by atoms with Crippen LogP contribution in [0.4, 0.5) is 0 Å². The van der Waals surface area contributed by atoms with Crippen molar-refractivity contribution in [2.75, 3.05) is 65.5 Å². The Morgan fingerprint density at radius 1 is 1.04 bits per heavy atom. The highest BCUT2D eigenvalue weighted by Crippen LogP contribution is 2.15. The predicted molar refractivity (Wildman–Crippen MR) is 96.1 cm³/mol. The van der Waals surface area contributed by atoms with Crippen LogP contribution in [0.3, 0.4) is 0 Å². The summed E-state index contributed by atoms with van der Waals surface area (Å²) in [7, 11) is 0. The molecule has 0 bridgehead atoms. The molecule has 5 heteroatoms. The number of likely N-dealkylation sites (N-methyl/N-ethyl adjacent to an activating group) is 1. The number of hydrogen-bond acceptors (Lipinski definition) is 5. The molecule has 2 aliphatic rings. The Labute approximate surface area is 145 Å². The molecule has 2 fully saturated rings. The van der Waals surface area contributed by atoms with Gasteiger partial charge in [0.15, 0.2) is 0 Å². The van der Waals surface area contributed by atoms with E-state index >= 15 is 0 Å². The van der Waals surface area contributed by atoms with Crippen molar-refractivity contribution in [1.29, 1.82) is 0 Å². The first kappa shape index (κ1) is 17.8. The Bertz CT molecular complexity index is 477. The number of rotatable bonds is 6. The summed E-state index contributed by atoms with van der Waals surface area (Å²) in [5.41, 5.74) is 1.01. The van der Waals surface area contributed by atoms with Crippen LogP contribution in [0, 0.1) is 0 Å². The number of morpholine rings is 1. The second kappa shape index (κ2) is 8.92. The van der Waals surface area contributed by atoms with Crippen LogP contribution in [0.1, 0.15) is 18.6 Å². The maximum Gasteiger partial charge on any atom is 0.0916 e. The standard InChI is InChI=1S/C19H31N3O2/c1-2-20-12-13-24-18(14-20)15-21-8-10-22(11-9-21)16-19(23)17-6-4-3-5-7-17/h3-7,18-19,23H,2,8-16H2,1H3/t18-,19-/m0/s1. The van der Waals surface area contributed by atoms with Gasteiger partial charge in [0.1, 0.15) is 0 Å². The Morgan fingerprint density at radius 2 is 1.75 bits per heavy atom. The average molecular weight is 333 g/mol. The monoisotopic (exact) mass is 333 g/mol. The molecule has 1 aromatic rings. The molecule has 24 heavy (non-hydrogen) atoms. The van der Waals surface area contributed by atoms with Gasteiger partial charge in [0.25, 0.3) is 0 Å². The SMILES string of the molecule is CCN1CCO[C@H](CN2CCN(C[C@H](O)c3ccccc3)CC2)C1. The molecule has 2 heterocycles. The fraction of sp³-hybridized carbons (Fsp3) is 0.684. The largest absolute Gasteiger partial charge is 0.387 e. The van der Waals surface area contributed by atoms with Crippen LogP contribution in [-0.4, -0.2) is 91.4 Å². The number of aliphatic hydroxyl groups is 1. The molecule has 3 rings (SSSR count). The molecule has 0 aliphatic carbocycles. The Morgan fingerprint density at radius 3 is 2.46 bits per heavy atom. The van der Waals surface area contributed by atoms with E-state index in [2.05, 4.69) is 21.6 Å². The first-order valence-electron chi connectivity index (χ1n) is 9.26. The van der Waals surface area contributed by atoms with Crippen molar-refractivity contribution in [3.8, 4) is 0 Å². The zero-order valence-corrected chi connectivity index (χ0v) is 14.8. The molecule has 1 N–H and O–H groups in total. The van der Waals surface area contributed by atoms with E-state index in [4.69, 9.17) is 4.74 Å². The summed E-state index contributed by atoms with van der Waals surface area (Å²) < 4.78 is 5.93. The minimum absolute atomic E-state index is 0.347. The normalized spacial score (nSPS) is 25.7. The summed E-state index contributed by atoms with van der Waals surface area (Å²) in [6, 6.07) is 9.96. The third kappa shape index (κ3) is 5.01. The molecule has 0 unspecified atom stereocenters. The van der Waals surface area contributed by atoms with E-state index in [9.17, 15) is 5.11 Å². The van der Waals surface area contributed by atoms with Gasteiger partial charge in [0, 0.05) is 52.4 Å². The van der Waals surface area contributed by atoms with Gasteiger partial charge in [-0.05, 0) is 12.1 Å². The van der Waals surface area contributed by atoms with Crippen molar-refractivity contribution in [1.82, 2.24) is 14.7 Å². The number of β-amino-alcohol motifs (C(OH)–C–C–N with tert-alkyl or cyclic N) is 1. The fourth-order valence-corrected chi connectivity index (χ4v) is 3.65. The van der Waals surface area contributed by atoms with Crippen LogP contribution in [0.5, 0.6) is 0 Å². The van der Waals surface area contributed by atoms with Crippen molar-refractivity contribution in [3.05, 3.63) is 35.9 Å². The molecule has 1 aromatic carbocycles. The van der Waals surface area contributed by atoms with E-state index in [-0.39, 0.29) is 0 Å². The van der Waals surface area contributed by atoms with Gasteiger partial charge in [-0.3, -0.25) is 14.7 Å². The molecular formula is C19H31N3O2. The molecule has 2 aliphatic heterocycles. The summed E-state index contributed by atoms with van der Waals surface area (Å²) in [4.78, 5) is 7.35. The fourth-order valence-electron chi connectivity index (χ4n) is 3.65. The van der Waals surface area contributed by atoms with E-state index < -0.39 is 6.10 Å². The molecule has 0 aromatic heterocycles. The number of ether oxygens (including phenoxy) is 1. The van der Waals surface area contributed by atoms with Crippen LogP contribution >= 0.6 is 0 Å². The topological polar surface area (TPSA) is 39.2 Å². The number of aliphatic hydroxyl groups excluding tert-OH is 1. The average Bonchev–Trinajstić information content (AvgIpc) is 2.64. The summed E-state index contributed by atoms with van der Waals surface area (Å²) >= 11 is 0. The molecule has 0 spiro atoms. The van der Waals surface area contributed by atoms with Crippen molar-refractivity contribution in [2.24, 2.45) is 0 Å². The molecule has 0 amide bonds. The van der Waals surface area contributed by atoms with E-state index in [0.29, 0.717) is 6.10 Å². The van der Waals surface area contributed by atoms with E-state index in [1.54, 1.807) is 0 Å². The Kier molecular flexibility index (Phi) is 6.63. The number of nitrogens with zero attached hydrogens (tertiary/aromatic N) is 3. The molecule has 134 valence electrons. The zero-order chi connectivity index (χ0) is 16.8. The lowest BCUT2D eigenvalue weighted by Gasteiger charge is -2.39. The van der Waals surface area contributed by atoms with Crippen molar-refractivity contribution < 1.29 is 9.84 Å². The second-order valence-electron chi connectivity index (χ2n) is 6.91. The highest BCUT2D eigenvalue weighted by atomic mass is 16.5. The van der Waals surface area contributed by atoms with Crippen LogP contribution in [0.2, 0.25) is 0 Å². The van der Waals surface area contributed by atoms with Gasteiger partial charge in [-0.15, -0.1) is 0 Å². The van der Waals surface area contributed by atoms with Gasteiger partial charge in [-0.1, -0.05) is 37.3 Å². The predicted octanol–water partition coefficient (Wildman–Crippen LogP) is 1.06. The molecule has 5 nitrogen and oxygen atoms in total. The van der Waals surface area contributed by atoms with Crippen LogP contribution in [-0.2, 0) is 4.74 Å². The van der Waals surface area contributed by atoms with E-state index in [0.717, 1.165) is 71.1 Å². The van der Waals surface area contributed by atoms with Crippen LogP contribution in [0.15, 0.2) is 30.3 Å². The molecule has 0 saturated carbocycles. The molecule has 2 atom stereocenters. The minimum Gasteiger partial charge on any atom is -0.387 e. The van der Waals surface area contributed by atoms with Crippen molar-refractivity contribution in [2.45, 2.75) is 19.1 Å². The maximum atomic E-state index is 10.4. The van der Waals surface area contributed by atoms with Gasteiger partial charge in [0.05, 0.1) is 18.8 Å². The molecular weight excluding hydrogens is 302 g/mol. The maximum absolute atomic E-state index is 10.4. The van der Waals surface area contributed by atoms with Gasteiger partial charge < -0.3 is 9.84 Å². The quantitative estimate of drug-likeness (QED) is 0.843. The lowest BCUT2D eigenvalue weighted by molar-refractivity contribution is -0.0479. The molecule has 0 radical (unpaired) electrons. The third-order valence-corrected chi connectivity index (χ3v) is 5.21. The highest BCUT2D eigenvalue weighted by molar-refractivity contribution is 5.17. The lowest BCUT2D eigenvalue weighted by atomic mass is 10.1. The number of hydrogen-bond donors (Lipinski definition) is 1. The second-order valence-corrected chi connectivity index (χ2v) is 6.91. The van der Waals surface area contributed by atoms with Gasteiger partial charge in [-0.2, -0.15) is 0 Å². The van der Waals surface area contributed by atoms with Crippen LogP contribution < -0.4 is 0 Å². The summed E-state index contributed by atoms with van der Waals surface area (Å²) in [6.07, 6.45) is -0.0438. The van der Waals surface area contributed by atoms with Gasteiger partial charge in [-0.25, -0.2) is 0 Å². The third-order valence-electron chi connectivity index (χ3n) is 5.21. The first-order valence-corrected chi connectivity index (χ1v) is 9.26. The van der Waals surface area contributed by atoms with E-state index in [1.165, 1.54) is 0 Å². The number of benzene rings is 1.